The van der Waals surface area contributed by atoms with Crippen molar-refractivity contribution in [1.29, 1.82) is 0 Å². The molecule has 0 spiro atoms. The molecule has 0 radical (unpaired) electrons. The van der Waals surface area contributed by atoms with E-state index in [9.17, 15) is 19.5 Å². The van der Waals surface area contributed by atoms with E-state index in [0.717, 1.165) is 193 Å². The molecule has 0 rings (SSSR count). The first kappa shape index (κ1) is 98.1. The molecular weight excluding hydrogens is 1300 g/mol. The van der Waals surface area contributed by atoms with Gasteiger partial charge in [0.1, 0.15) is 13.2 Å². The number of carboxylic acids is 1. The summed E-state index contributed by atoms with van der Waals surface area (Å²) in [5, 5.41) is 11.9. The number of esters is 2. The fraction of sp³-hybridized carbons (Fsp3) is 0.552. The number of likely N-dealkylation sites (N-methyl/N-ethyl adjacent to an activating group) is 1. The first-order chi connectivity index (χ1) is 51.6. The fourth-order valence-electron chi connectivity index (χ4n) is 10.4. The third-order valence-corrected chi connectivity index (χ3v) is 16.6. The zero-order valence-corrected chi connectivity index (χ0v) is 67.0. The minimum atomic E-state index is -1.64. The van der Waals surface area contributed by atoms with Crippen LogP contribution in [-0.4, -0.2) is 82.3 Å². The molecule has 0 aliphatic rings. The number of aliphatic carboxylic acids is 1. The Balaban J connectivity index is 4.17. The number of quaternary nitrogens is 1. The third-order valence-electron chi connectivity index (χ3n) is 16.6. The van der Waals surface area contributed by atoms with Crippen molar-refractivity contribution in [3.8, 4) is 0 Å². The van der Waals surface area contributed by atoms with Gasteiger partial charge in [0.15, 0.2) is 12.4 Å². The Hall–Kier alpha value is -6.91. The average molecular weight is 1450 g/mol. The van der Waals surface area contributed by atoms with Crippen LogP contribution < -0.4 is 5.11 Å². The van der Waals surface area contributed by atoms with E-state index in [1.54, 1.807) is 0 Å². The number of hydrogen-bond donors (Lipinski definition) is 0. The summed E-state index contributed by atoms with van der Waals surface area (Å²) in [5.41, 5.74) is 0. The van der Waals surface area contributed by atoms with E-state index in [0.29, 0.717) is 17.4 Å². The van der Waals surface area contributed by atoms with Gasteiger partial charge < -0.3 is 33.3 Å². The molecule has 105 heavy (non-hydrogen) atoms. The molecule has 0 aliphatic carbocycles. The lowest BCUT2D eigenvalue weighted by atomic mass is 10.0. The van der Waals surface area contributed by atoms with E-state index in [1.165, 1.54) is 57.8 Å². The number of carbonyl (C=O) groups excluding carboxylic acids is 3. The van der Waals surface area contributed by atoms with Crippen molar-refractivity contribution in [2.75, 3.05) is 47.5 Å². The standard InChI is InChI=1S/C96H149NO8/c1-6-8-10-12-14-16-18-20-22-24-26-28-30-32-34-36-38-40-42-44-46-47-49-51-53-55-57-59-61-63-65-67-69-71-73-75-77-79-81-83-85-87-94(99)105-92(91-104-96(95(100)101)102-89-88-97(3,4)5)90-103-93(98)86-84-82-80-78-76-74-72-70-68-66-64-62-60-58-56-54-52-50-48-45-43-41-39-37-35-33-31-29-27-25-23-21-19-17-15-13-11-9-7-2/h8-11,14-17,20-23,26-29,32-35,38-41,44-46,48-49,51-52,54-55,57-58,60-61,63,67,69,92,96H,6-7,12-13,18-19,24-25,30-31,36-37,42-43,47,50,53,56,59,62,64-66,68,70-91H2,1-5H3/b10-8-,11-9-,16-14-,17-15-,22-20-,23-21-,28-26-,29-27-,34-32-,35-33-,40-38-,41-39-,46-44-,48-45-,51-49-,54-52-,57-55-,60-58-,63-61-,69-67-. The highest BCUT2D eigenvalue weighted by Gasteiger charge is 2.22. The van der Waals surface area contributed by atoms with Crippen molar-refractivity contribution in [1.82, 2.24) is 0 Å². The Labute approximate surface area is 643 Å². The Bertz CT molecular complexity index is 2640. The number of hydrogen-bond acceptors (Lipinski definition) is 8. The number of carbonyl (C=O) groups is 3. The van der Waals surface area contributed by atoms with Crippen LogP contribution in [0.15, 0.2) is 243 Å². The maximum atomic E-state index is 13.0. The Morgan fingerprint density at radius 3 is 0.762 bits per heavy atom. The SMILES string of the molecule is CC/C=C\C/C=C\C/C=C\C/C=C\C/C=C\C/C=C\C/C=C\C/C=C\C/C=C\C/C=C\C/C=C\CCCCCCCCCC(=O)OC(COC(=O)CCCCCCCCCCCCC/C=C\C/C=C\C/C=C\C/C=C\C/C=C\C/C=C\C/C=C\C/C=C\C/C=C\CC)COC(OCC[N+](C)(C)C)C(=O)[O-]. The molecule has 0 bridgehead atoms. The van der Waals surface area contributed by atoms with Crippen LogP contribution in [0.4, 0.5) is 0 Å². The van der Waals surface area contributed by atoms with Crippen molar-refractivity contribution >= 4 is 17.9 Å². The van der Waals surface area contributed by atoms with Gasteiger partial charge in [0.25, 0.3) is 0 Å². The molecule has 0 N–H and O–H groups in total. The predicted octanol–water partition coefficient (Wildman–Crippen LogP) is 25.8. The molecule has 0 aliphatic heterocycles. The van der Waals surface area contributed by atoms with Gasteiger partial charge in [-0.3, -0.25) is 9.59 Å². The van der Waals surface area contributed by atoms with Crippen molar-refractivity contribution in [3.63, 3.8) is 0 Å². The van der Waals surface area contributed by atoms with E-state index in [1.807, 2.05) is 21.1 Å². The third kappa shape index (κ3) is 84.2. The minimum Gasteiger partial charge on any atom is -0.545 e. The smallest absolute Gasteiger partial charge is 0.306 e. The first-order valence-corrected chi connectivity index (χ1v) is 41.2. The number of rotatable bonds is 73. The van der Waals surface area contributed by atoms with Gasteiger partial charge in [-0.1, -0.05) is 347 Å². The summed E-state index contributed by atoms with van der Waals surface area (Å²) >= 11 is 0. The summed E-state index contributed by atoms with van der Waals surface area (Å²) in [7, 11) is 5.92. The molecular formula is C96H149NO8. The van der Waals surface area contributed by atoms with Crippen molar-refractivity contribution in [3.05, 3.63) is 243 Å². The van der Waals surface area contributed by atoms with E-state index in [2.05, 4.69) is 257 Å². The Kier molecular flexibility index (Phi) is 77.3. The van der Waals surface area contributed by atoms with Gasteiger partial charge in [0.05, 0.1) is 40.3 Å². The summed E-state index contributed by atoms with van der Waals surface area (Å²) in [6.07, 6.45) is 130. The average Bonchev–Trinajstić information content (AvgIpc) is 1.18. The van der Waals surface area contributed by atoms with Gasteiger partial charge >= 0.3 is 11.9 Å². The van der Waals surface area contributed by atoms with Gasteiger partial charge in [-0.25, -0.2) is 0 Å². The number of carboxylic acid groups (broad SMARTS) is 1. The first-order valence-electron chi connectivity index (χ1n) is 41.2. The van der Waals surface area contributed by atoms with Crippen LogP contribution in [0.25, 0.3) is 0 Å². The normalized spacial score (nSPS) is 14.0. The van der Waals surface area contributed by atoms with Crippen molar-refractivity contribution < 1.29 is 42.9 Å². The summed E-state index contributed by atoms with van der Waals surface area (Å²) < 4.78 is 22.8. The molecule has 0 amide bonds. The molecule has 0 aromatic carbocycles. The highest BCUT2D eigenvalue weighted by molar-refractivity contribution is 5.70. The minimum absolute atomic E-state index is 0.133. The second-order valence-corrected chi connectivity index (χ2v) is 27.6. The van der Waals surface area contributed by atoms with Crippen LogP contribution in [0.5, 0.6) is 0 Å². The van der Waals surface area contributed by atoms with Gasteiger partial charge in [-0.2, -0.15) is 0 Å². The van der Waals surface area contributed by atoms with Crippen LogP contribution in [-0.2, 0) is 33.3 Å². The van der Waals surface area contributed by atoms with Crippen molar-refractivity contribution in [2.24, 2.45) is 0 Å². The van der Waals surface area contributed by atoms with Gasteiger partial charge in [0, 0.05) is 12.8 Å². The zero-order valence-electron chi connectivity index (χ0n) is 67.0. The molecule has 2 atom stereocenters. The maximum Gasteiger partial charge on any atom is 0.306 e. The molecule has 9 heteroatoms. The van der Waals surface area contributed by atoms with Gasteiger partial charge in [0.2, 0.25) is 0 Å². The summed E-state index contributed by atoms with van der Waals surface area (Å²) in [6.45, 7) is 4.48. The van der Waals surface area contributed by atoms with Crippen LogP contribution >= 0.6 is 0 Å². The van der Waals surface area contributed by atoms with Crippen LogP contribution in [0, 0.1) is 0 Å². The number of nitrogens with zero attached hydrogens (tertiary/aromatic N) is 1. The monoisotopic (exact) mass is 1440 g/mol. The van der Waals surface area contributed by atoms with Crippen LogP contribution in [0.1, 0.15) is 284 Å². The maximum absolute atomic E-state index is 13.0. The lowest BCUT2D eigenvalue weighted by molar-refractivity contribution is -0.870. The Morgan fingerprint density at radius 1 is 0.286 bits per heavy atom. The summed E-state index contributed by atoms with van der Waals surface area (Å²) in [4.78, 5) is 37.6. The highest BCUT2D eigenvalue weighted by atomic mass is 16.7. The number of allylic oxidation sites excluding steroid dienone is 40. The van der Waals surface area contributed by atoms with Gasteiger partial charge in [-0.05, 0) is 167 Å². The molecule has 0 aromatic rings. The van der Waals surface area contributed by atoms with E-state index in [-0.39, 0.29) is 38.6 Å². The van der Waals surface area contributed by atoms with Crippen LogP contribution in [0.3, 0.4) is 0 Å². The van der Waals surface area contributed by atoms with Crippen LogP contribution in [0.2, 0.25) is 0 Å². The Morgan fingerprint density at radius 2 is 0.514 bits per heavy atom. The molecule has 2 unspecified atom stereocenters. The topological polar surface area (TPSA) is 111 Å². The predicted molar refractivity (Wildman–Crippen MR) is 452 cm³/mol. The lowest BCUT2D eigenvalue weighted by Gasteiger charge is -2.26. The molecule has 9 nitrogen and oxygen atoms in total. The second-order valence-electron chi connectivity index (χ2n) is 27.6. The second kappa shape index (κ2) is 82.7. The highest BCUT2D eigenvalue weighted by Crippen LogP contribution is 2.16. The molecule has 0 saturated heterocycles. The molecule has 0 fully saturated rings. The van der Waals surface area contributed by atoms with E-state index in [4.69, 9.17) is 18.9 Å². The molecule has 0 heterocycles. The quantitative estimate of drug-likeness (QED) is 0.0195. The zero-order chi connectivity index (χ0) is 76.0. The van der Waals surface area contributed by atoms with E-state index >= 15 is 0 Å². The molecule has 0 aromatic heterocycles. The summed E-state index contributed by atoms with van der Waals surface area (Å²) in [5.74, 6) is -2.32. The molecule has 586 valence electrons. The van der Waals surface area contributed by atoms with E-state index < -0.39 is 24.3 Å². The number of ether oxygens (including phenoxy) is 4. The van der Waals surface area contributed by atoms with Crippen molar-refractivity contribution in [2.45, 2.75) is 296 Å². The summed E-state index contributed by atoms with van der Waals surface area (Å²) in [6, 6.07) is 0. The molecule has 0 saturated carbocycles. The number of unbranched alkanes of at least 4 members (excludes halogenated alkanes) is 18. The van der Waals surface area contributed by atoms with Gasteiger partial charge in [-0.15, -0.1) is 0 Å². The lowest BCUT2D eigenvalue weighted by Crippen LogP contribution is -2.44. The fourth-order valence-corrected chi connectivity index (χ4v) is 10.4. The largest absolute Gasteiger partial charge is 0.545 e.